The number of hydrogen-bond donors (Lipinski definition) is 1. The molecule has 0 aliphatic carbocycles. The van der Waals surface area contributed by atoms with E-state index in [1.165, 1.54) is 0 Å². The van der Waals surface area contributed by atoms with Crippen molar-refractivity contribution in [3.05, 3.63) is 18.2 Å². The molecular weight excluding hydrogens is 256 g/mol. The van der Waals surface area contributed by atoms with Crippen LogP contribution in [0.4, 0.5) is 11.4 Å². The molecule has 2 rings (SSSR count). The van der Waals surface area contributed by atoms with Gasteiger partial charge in [-0.3, -0.25) is 4.79 Å². The van der Waals surface area contributed by atoms with Crippen molar-refractivity contribution in [1.82, 2.24) is 0 Å². The van der Waals surface area contributed by atoms with Gasteiger partial charge in [-0.1, -0.05) is 6.92 Å². The van der Waals surface area contributed by atoms with E-state index in [0.717, 1.165) is 12.1 Å². The zero-order valence-electron chi connectivity index (χ0n) is 12.3. The summed E-state index contributed by atoms with van der Waals surface area (Å²) in [5.74, 6) is 0.497. The van der Waals surface area contributed by atoms with E-state index >= 15 is 0 Å². The van der Waals surface area contributed by atoms with Crippen LogP contribution in [-0.4, -0.2) is 31.3 Å². The van der Waals surface area contributed by atoms with Gasteiger partial charge in [0.05, 0.1) is 18.8 Å². The molecule has 1 aliphatic rings. The number of nitrogens with two attached hydrogens (primary N) is 1. The molecular formula is C15H22N2O3. The predicted molar refractivity (Wildman–Crippen MR) is 79.0 cm³/mol. The number of rotatable bonds is 4. The summed E-state index contributed by atoms with van der Waals surface area (Å²) < 4.78 is 11.1. The van der Waals surface area contributed by atoms with Crippen molar-refractivity contribution in [2.75, 3.05) is 30.3 Å². The fraction of sp³-hybridized carbons (Fsp3) is 0.533. The van der Waals surface area contributed by atoms with Crippen LogP contribution in [0.2, 0.25) is 0 Å². The lowest BCUT2D eigenvalue weighted by Crippen LogP contribution is -2.48. The lowest BCUT2D eigenvalue weighted by molar-refractivity contribution is -0.142. The highest BCUT2D eigenvalue weighted by Gasteiger charge is 2.32. The van der Waals surface area contributed by atoms with Crippen LogP contribution in [0, 0.1) is 0 Å². The van der Waals surface area contributed by atoms with Crippen LogP contribution >= 0.6 is 0 Å². The first-order chi connectivity index (χ1) is 9.41. The fourth-order valence-corrected chi connectivity index (χ4v) is 2.31. The van der Waals surface area contributed by atoms with Crippen molar-refractivity contribution in [1.29, 1.82) is 0 Å². The molecule has 1 aromatic carbocycles. The van der Waals surface area contributed by atoms with Crippen molar-refractivity contribution in [2.45, 2.75) is 32.8 Å². The van der Waals surface area contributed by atoms with Gasteiger partial charge in [0.2, 0.25) is 0 Å². The third-order valence-corrected chi connectivity index (χ3v) is 3.07. The number of ether oxygens (including phenoxy) is 2. The Kier molecular flexibility index (Phi) is 4.06. The lowest BCUT2D eigenvalue weighted by Gasteiger charge is -2.40. The molecule has 0 spiro atoms. The molecule has 0 unspecified atom stereocenters. The Balaban J connectivity index is 2.19. The van der Waals surface area contributed by atoms with E-state index in [-0.39, 0.29) is 18.1 Å². The molecule has 0 amide bonds. The molecule has 0 atom stereocenters. The minimum atomic E-state index is -0.369. The van der Waals surface area contributed by atoms with E-state index in [9.17, 15) is 4.79 Å². The number of esters is 1. The van der Waals surface area contributed by atoms with Crippen LogP contribution in [0.1, 0.15) is 27.2 Å². The maximum atomic E-state index is 11.8. The van der Waals surface area contributed by atoms with Crippen LogP contribution in [0.15, 0.2) is 18.2 Å². The second kappa shape index (κ2) is 5.61. The summed E-state index contributed by atoms with van der Waals surface area (Å²) in [5.41, 5.74) is 6.95. The van der Waals surface area contributed by atoms with Gasteiger partial charge in [-0.05, 0) is 32.4 Å². The van der Waals surface area contributed by atoms with Gasteiger partial charge in [0.1, 0.15) is 17.9 Å². The van der Waals surface area contributed by atoms with Gasteiger partial charge in [-0.25, -0.2) is 0 Å². The number of hydrogen-bond acceptors (Lipinski definition) is 5. The molecule has 20 heavy (non-hydrogen) atoms. The van der Waals surface area contributed by atoms with Crippen LogP contribution in [0.25, 0.3) is 0 Å². The summed E-state index contributed by atoms with van der Waals surface area (Å²) in [6.45, 7) is 7.27. The normalized spacial score (nSPS) is 16.2. The van der Waals surface area contributed by atoms with E-state index in [0.29, 0.717) is 24.6 Å². The first-order valence-corrected chi connectivity index (χ1v) is 6.90. The number of fused-ring (bicyclic) bond motifs is 1. The van der Waals surface area contributed by atoms with Gasteiger partial charge in [-0.2, -0.15) is 0 Å². The molecule has 1 aliphatic heterocycles. The first kappa shape index (κ1) is 14.5. The maximum absolute atomic E-state index is 11.8. The number of nitrogen functional groups attached to an aromatic ring is 1. The quantitative estimate of drug-likeness (QED) is 0.675. The Morgan fingerprint density at radius 1 is 1.50 bits per heavy atom. The highest BCUT2D eigenvalue weighted by molar-refractivity contribution is 5.78. The largest absolute Gasteiger partial charge is 0.484 e. The Bertz CT molecular complexity index is 500. The molecule has 0 fully saturated rings. The number of carbonyl (C=O) groups excluding carboxylic acids is 1. The molecule has 2 N–H and O–H groups in total. The Morgan fingerprint density at radius 3 is 2.95 bits per heavy atom. The van der Waals surface area contributed by atoms with Crippen LogP contribution < -0.4 is 15.4 Å². The van der Waals surface area contributed by atoms with Crippen molar-refractivity contribution in [3.63, 3.8) is 0 Å². The Hall–Kier alpha value is -1.91. The van der Waals surface area contributed by atoms with E-state index in [1.54, 1.807) is 6.07 Å². The summed E-state index contributed by atoms with van der Waals surface area (Å²) in [5, 5.41) is 0. The summed E-state index contributed by atoms with van der Waals surface area (Å²) >= 11 is 0. The number of nitrogens with zero attached hydrogens (tertiary/aromatic N) is 1. The Morgan fingerprint density at radius 2 is 2.25 bits per heavy atom. The van der Waals surface area contributed by atoms with Gasteiger partial charge >= 0.3 is 5.97 Å². The minimum absolute atomic E-state index is 0.215. The smallest absolute Gasteiger partial charge is 0.325 e. The third kappa shape index (κ3) is 3.35. The lowest BCUT2D eigenvalue weighted by atomic mass is 10.0. The summed E-state index contributed by atoms with van der Waals surface area (Å²) in [4.78, 5) is 13.8. The van der Waals surface area contributed by atoms with Gasteiger partial charge in [0.15, 0.2) is 0 Å². The van der Waals surface area contributed by atoms with Crippen molar-refractivity contribution < 1.29 is 14.3 Å². The summed E-state index contributed by atoms with van der Waals surface area (Å²) in [7, 11) is 0. The maximum Gasteiger partial charge on any atom is 0.325 e. The van der Waals surface area contributed by atoms with Crippen LogP contribution in [0.3, 0.4) is 0 Å². The highest BCUT2D eigenvalue weighted by Crippen LogP contribution is 2.38. The molecule has 1 heterocycles. The first-order valence-electron chi connectivity index (χ1n) is 6.90. The molecule has 110 valence electrons. The zero-order chi connectivity index (χ0) is 14.8. The second-order valence-electron chi connectivity index (χ2n) is 5.67. The molecule has 0 radical (unpaired) electrons. The monoisotopic (exact) mass is 278 g/mol. The van der Waals surface area contributed by atoms with E-state index in [2.05, 4.69) is 0 Å². The minimum Gasteiger partial charge on any atom is -0.484 e. The van der Waals surface area contributed by atoms with Crippen LogP contribution in [-0.2, 0) is 9.53 Å². The number of benzene rings is 1. The topological polar surface area (TPSA) is 64.8 Å². The Labute approximate surface area is 119 Å². The molecule has 0 saturated heterocycles. The van der Waals surface area contributed by atoms with Crippen molar-refractivity contribution >= 4 is 17.3 Å². The molecule has 0 aromatic heterocycles. The van der Waals surface area contributed by atoms with Gasteiger partial charge in [0.25, 0.3) is 0 Å². The second-order valence-corrected chi connectivity index (χ2v) is 5.67. The molecule has 1 aromatic rings. The number of carbonyl (C=O) groups is 1. The van der Waals surface area contributed by atoms with Crippen molar-refractivity contribution in [2.24, 2.45) is 0 Å². The van der Waals surface area contributed by atoms with Crippen molar-refractivity contribution in [3.8, 4) is 5.75 Å². The SMILES string of the molecule is CCCOC(=O)CN1CC(C)(C)Oc2cc(N)ccc21. The van der Waals surface area contributed by atoms with Gasteiger partial charge < -0.3 is 20.1 Å². The number of anilines is 2. The highest BCUT2D eigenvalue weighted by atomic mass is 16.5. The average molecular weight is 278 g/mol. The standard InChI is InChI=1S/C15H22N2O3/c1-4-7-19-14(18)9-17-10-15(2,3)20-13-8-11(16)5-6-12(13)17/h5-6,8H,4,7,9-10,16H2,1-3H3. The zero-order valence-corrected chi connectivity index (χ0v) is 12.3. The molecule has 5 nitrogen and oxygen atoms in total. The predicted octanol–water partition coefficient (Wildman–Crippen LogP) is 2.20. The summed E-state index contributed by atoms with van der Waals surface area (Å²) in [6, 6.07) is 5.48. The van der Waals surface area contributed by atoms with Crippen LogP contribution in [0.5, 0.6) is 5.75 Å². The van der Waals surface area contributed by atoms with Gasteiger partial charge in [0, 0.05) is 11.8 Å². The van der Waals surface area contributed by atoms with E-state index in [4.69, 9.17) is 15.2 Å². The van der Waals surface area contributed by atoms with E-state index < -0.39 is 0 Å². The summed E-state index contributed by atoms with van der Waals surface area (Å²) in [6.07, 6.45) is 0.827. The van der Waals surface area contributed by atoms with Gasteiger partial charge in [-0.15, -0.1) is 0 Å². The molecule has 5 heteroatoms. The average Bonchev–Trinajstić information content (AvgIpc) is 2.34. The molecule has 0 bridgehead atoms. The molecule has 0 saturated carbocycles. The van der Waals surface area contributed by atoms with E-state index in [1.807, 2.05) is 37.8 Å². The third-order valence-electron chi connectivity index (χ3n) is 3.07. The fourth-order valence-electron chi connectivity index (χ4n) is 2.31.